The summed E-state index contributed by atoms with van der Waals surface area (Å²) in [6.07, 6.45) is 8.63. The van der Waals surface area contributed by atoms with Crippen LogP contribution in [-0.4, -0.2) is 43.9 Å². The molecule has 0 aromatic rings. The van der Waals surface area contributed by atoms with Crippen molar-refractivity contribution in [1.82, 2.24) is 10.0 Å². The predicted molar refractivity (Wildman–Crippen MR) is 110 cm³/mol. The molecular weight excluding hydrogens is 376 g/mol. The van der Waals surface area contributed by atoms with Gasteiger partial charge in [0.15, 0.2) is 0 Å². The average molecular weight is 415 g/mol. The van der Waals surface area contributed by atoms with Crippen molar-refractivity contribution in [1.29, 1.82) is 0 Å². The lowest BCUT2D eigenvalue weighted by molar-refractivity contribution is -0.142. The fraction of sp³-hybridized carbons (Fsp3) is 0.952. The summed E-state index contributed by atoms with van der Waals surface area (Å²) in [5, 5.41) is 14.5. The van der Waals surface area contributed by atoms with Gasteiger partial charge in [0.05, 0.1) is 12.4 Å². The van der Waals surface area contributed by atoms with E-state index in [1.807, 2.05) is 6.92 Å². The molecule has 1 amide bonds. The maximum Gasteiger partial charge on any atom is 0.223 e. The Kier molecular flexibility index (Phi) is 6.47. The quantitative estimate of drug-likeness (QED) is 0.644. The van der Waals surface area contributed by atoms with Crippen molar-refractivity contribution in [3.63, 3.8) is 0 Å². The smallest absolute Gasteiger partial charge is 0.223 e. The molecule has 0 aliphatic heterocycles. The number of nitrogens with one attached hydrogen (secondary N) is 2. The van der Waals surface area contributed by atoms with Crippen molar-refractivity contribution < 1.29 is 18.3 Å². The highest BCUT2D eigenvalue weighted by molar-refractivity contribution is 7.88. The van der Waals surface area contributed by atoms with Crippen LogP contribution >= 0.6 is 0 Å². The molecule has 0 radical (unpaired) electrons. The second-order valence-corrected chi connectivity index (χ2v) is 11.8. The van der Waals surface area contributed by atoms with Crippen LogP contribution in [0.4, 0.5) is 0 Å². The van der Waals surface area contributed by atoms with Gasteiger partial charge in [-0.05, 0) is 61.7 Å². The lowest BCUT2D eigenvalue weighted by Crippen LogP contribution is -2.58. The molecule has 3 rings (SSSR count). The maximum absolute atomic E-state index is 12.8. The summed E-state index contributed by atoms with van der Waals surface area (Å²) in [7, 11) is -3.28. The van der Waals surface area contributed by atoms with Crippen molar-refractivity contribution in [3.8, 4) is 0 Å². The van der Waals surface area contributed by atoms with E-state index in [1.54, 1.807) is 0 Å². The van der Waals surface area contributed by atoms with Crippen LogP contribution in [0.3, 0.4) is 0 Å². The first-order chi connectivity index (χ1) is 13.0. The third-order valence-corrected chi connectivity index (χ3v) is 8.74. The van der Waals surface area contributed by atoms with Crippen molar-refractivity contribution in [3.05, 3.63) is 0 Å². The summed E-state index contributed by atoms with van der Waals surface area (Å²) in [5.41, 5.74) is 0.00661. The lowest BCUT2D eigenvalue weighted by Gasteiger charge is -2.56. The Bertz CT molecular complexity index is 676. The van der Waals surface area contributed by atoms with Crippen molar-refractivity contribution >= 4 is 15.9 Å². The molecule has 0 spiro atoms. The molecule has 0 bridgehead atoms. The number of hydrogen-bond acceptors (Lipinski definition) is 4. The molecular formula is C21H38N2O4S. The standard InChI is InChI=1S/C21H38N2O4S/c1-13(20(25)22-15-7-5-6-8-15)16-9-11-21(3)12-10-17(23-28(4,26)27)14(2)18(21)19(16)24/h13-19,23-24H,5-12H2,1-4H3,(H,22,25)/t13-,14+,16-,17-,18+,19-,21-/m0/s1. The van der Waals surface area contributed by atoms with Gasteiger partial charge in [0.2, 0.25) is 15.9 Å². The van der Waals surface area contributed by atoms with Crippen LogP contribution in [0.2, 0.25) is 0 Å². The van der Waals surface area contributed by atoms with Gasteiger partial charge in [0.25, 0.3) is 0 Å². The molecule has 3 aliphatic rings. The Labute approximate surface area is 170 Å². The molecule has 6 nitrogen and oxygen atoms in total. The molecule has 7 atom stereocenters. The number of carbonyl (C=O) groups is 1. The number of aliphatic hydroxyl groups is 1. The van der Waals surface area contributed by atoms with Crippen LogP contribution in [0.1, 0.15) is 72.1 Å². The van der Waals surface area contributed by atoms with Gasteiger partial charge >= 0.3 is 0 Å². The molecule has 7 heteroatoms. The number of amides is 1. The van der Waals surface area contributed by atoms with Gasteiger partial charge in [0.1, 0.15) is 0 Å². The van der Waals surface area contributed by atoms with Crippen molar-refractivity contribution in [2.45, 2.75) is 90.3 Å². The zero-order chi connectivity index (χ0) is 20.7. The summed E-state index contributed by atoms with van der Waals surface area (Å²) < 4.78 is 26.3. The third kappa shape index (κ3) is 4.57. The Hall–Kier alpha value is -0.660. The van der Waals surface area contributed by atoms with E-state index < -0.39 is 16.1 Å². The molecule has 3 fully saturated rings. The minimum absolute atomic E-state index is 0.000908. The fourth-order valence-electron chi connectivity index (χ4n) is 6.33. The average Bonchev–Trinajstić information content (AvgIpc) is 3.09. The van der Waals surface area contributed by atoms with E-state index in [2.05, 4.69) is 23.9 Å². The van der Waals surface area contributed by atoms with Crippen molar-refractivity contribution in [2.75, 3.05) is 6.26 Å². The minimum Gasteiger partial charge on any atom is -0.392 e. The van der Waals surface area contributed by atoms with Crippen LogP contribution in [0, 0.1) is 29.1 Å². The van der Waals surface area contributed by atoms with Crippen LogP contribution in [0.5, 0.6) is 0 Å². The van der Waals surface area contributed by atoms with Crippen LogP contribution in [-0.2, 0) is 14.8 Å². The first-order valence-corrected chi connectivity index (χ1v) is 12.9. The first kappa shape index (κ1) is 22.0. The van der Waals surface area contributed by atoms with Crippen LogP contribution in [0.25, 0.3) is 0 Å². The molecule has 3 N–H and O–H groups in total. The maximum atomic E-state index is 12.8. The highest BCUT2D eigenvalue weighted by Crippen LogP contribution is 2.55. The van der Waals surface area contributed by atoms with Gasteiger partial charge in [0, 0.05) is 18.0 Å². The van der Waals surface area contributed by atoms with Crippen LogP contribution < -0.4 is 10.0 Å². The molecule has 0 heterocycles. The van der Waals surface area contributed by atoms with E-state index in [9.17, 15) is 18.3 Å². The molecule has 0 aromatic heterocycles. The number of carbonyl (C=O) groups excluding carboxylic acids is 1. The highest BCUT2D eigenvalue weighted by Gasteiger charge is 2.54. The van der Waals surface area contributed by atoms with E-state index in [0.717, 1.165) is 38.5 Å². The summed E-state index contributed by atoms with van der Waals surface area (Å²) in [6.45, 7) is 6.23. The Morgan fingerprint density at radius 2 is 1.75 bits per heavy atom. The van der Waals surface area contributed by atoms with Gasteiger partial charge in [-0.15, -0.1) is 0 Å². The van der Waals surface area contributed by atoms with E-state index in [-0.39, 0.29) is 47.1 Å². The summed E-state index contributed by atoms with van der Waals surface area (Å²) in [4.78, 5) is 12.8. The lowest BCUT2D eigenvalue weighted by atomic mass is 9.52. The van der Waals surface area contributed by atoms with Gasteiger partial charge in [-0.2, -0.15) is 0 Å². The van der Waals surface area contributed by atoms with Gasteiger partial charge in [-0.1, -0.05) is 33.6 Å². The Morgan fingerprint density at radius 1 is 1.14 bits per heavy atom. The Balaban J connectivity index is 1.72. The van der Waals surface area contributed by atoms with Crippen LogP contribution in [0.15, 0.2) is 0 Å². The number of fused-ring (bicyclic) bond motifs is 1. The minimum atomic E-state index is -3.28. The molecule has 0 unspecified atom stereocenters. The fourth-order valence-corrected chi connectivity index (χ4v) is 7.21. The zero-order valence-corrected chi connectivity index (χ0v) is 18.6. The second kappa shape index (κ2) is 8.23. The second-order valence-electron chi connectivity index (χ2n) is 10.0. The van der Waals surface area contributed by atoms with E-state index in [1.165, 1.54) is 19.1 Å². The molecule has 162 valence electrons. The van der Waals surface area contributed by atoms with E-state index in [4.69, 9.17) is 0 Å². The molecule has 3 aliphatic carbocycles. The number of sulfonamides is 1. The summed E-state index contributed by atoms with van der Waals surface area (Å²) in [6, 6.07) is 0.141. The molecule has 28 heavy (non-hydrogen) atoms. The largest absolute Gasteiger partial charge is 0.392 e. The number of aliphatic hydroxyl groups excluding tert-OH is 1. The van der Waals surface area contributed by atoms with Gasteiger partial charge in [-0.3, -0.25) is 4.79 Å². The van der Waals surface area contributed by atoms with Gasteiger partial charge in [-0.25, -0.2) is 13.1 Å². The van der Waals surface area contributed by atoms with Crippen molar-refractivity contribution in [2.24, 2.45) is 29.1 Å². The number of hydrogen-bond donors (Lipinski definition) is 3. The summed E-state index contributed by atoms with van der Waals surface area (Å²) in [5.74, 6) is -0.194. The first-order valence-electron chi connectivity index (χ1n) is 11.0. The Morgan fingerprint density at radius 3 is 2.36 bits per heavy atom. The third-order valence-electron chi connectivity index (χ3n) is 8.01. The topological polar surface area (TPSA) is 95.5 Å². The zero-order valence-electron chi connectivity index (χ0n) is 17.8. The number of rotatable bonds is 5. The van der Waals surface area contributed by atoms with E-state index in [0.29, 0.717) is 0 Å². The predicted octanol–water partition coefficient (Wildman–Crippen LogP) is 2.42. The van der Waals surface area contributed by atoms with E-state index >= 15 is 0 Å². The molecule has 0 aromatic carbocycles. The normalized spacial score (nSPS) is 40.7. The molecule has 0 saturated heterocycles. The SMILES string of the molecule is C[C@H]1[C@@H]2[C@@H](O)[C@H]([C@H](C)C(=O)NC3CCCC3)CC[C@@]2(C)CC[C@@H]1NS(C)(=O)=O. The molecule has 3 saturated carbocycles. The van der Waals surface area contributed by atoms with Gasteiger partial charge < -0.3 is 10.4 Å². The summed E-state index contributed by atoms with van der Waals surface area (Å²) >= 11 is 0. The monoisotopic (exact) mass is 414 g/mol. The highest BCUT2D eigenvalue weighted by atomic mass is 32.2.